The first kappa shape index (κ1) is 14.3. The van der Waals surface area contributed by atoms with Gasteiger partial charge in [0.25, 0.3) is 0 Å². The van der Waals surface area contributed by atoms with E-state index in [2.05, 4.69) is 11.2 Å². The van der Waals surface area contributed by atoms with Crippen molar-refractivity contribution in [1.82, 2.24) is 0 Å². The second-order valence-corrected chi connectivity index (χ2v) is 7.54. The number of thioether (sulfide) groups is 1. The van der Waals surface area contributed by atoms with E-state index in [0.29, 0.717) is 0 Å². The van der Waals surface area contributed by atoms with Gasteiger partial charge in [-0.25, -0.2) is 0 Å². The number of ketones is 1. The van der Waals surface area contributed by atoms with Crippen molar-refractivity contribution in [3.63, 3.8) is 0 Å². The molecule has 1 aromatic heterocycles. The molecule has 0 amide bonds. The summed E-state index contributed by atoms with van der Waals surface area (Å²) in [6, 6.07) is 0. The molecule has 1 aromatic rings. The van der Waals surface area contributed by atoms with E-state index in [1.807, 2.05) is 0 Å². The molecule has 1 saturated carbocycles. The van der Waals surface area contributed by atoms with E-state index < -0.39 is 0 Å². The molecule has 2 fully saturated rings. The Labute approximate surface area is 128 Å². The van der Waals surface area contributed by atoms with Gasteiger partial charge in [-0.15, -0.1) is 23.1 Å². The van der Waals surface area contributed by atoms with Crippen molar-refractivity contribution < 1.29 is 4.79 Å². The van der Waals surface area contributed by atoms with Gasteiger partial charge in [0.2, 0.25) is 0 Å². The van der Waals surface area contributed by atoms with Crippen LogP contribution in [0.3, 0.4) is 0 Å². The van der Waals surface area contributed by atoms with Crippen LogP contribution >= 0.6 is 23.1 Å². The minimum atomic E-state index is 0.252. The third-order valence-corrected chi connectivity index (χ3v) is 6.38. The van der Waals surface area contributed by atoms with Crippen LogP contribution in [0.25, 0.3) is 0 Å². The van der Waals surface area contributed by atoms with Gasteiger partial charge in [-0.2, -0.15) is 0 Å². The van der Waals surface area contributed by atoms with E-state index in [-0.39, 0.29) is 11.7 Å². The van der Waals surface area contributed by atoms with Gasteiger partial charge in [0.1, 0.15) is 5.00 Å². The summed E-state index contributed by atoms with van der Waals surface area (Å²) >= 11 is 3.32. The molecule has 1 aliphatic carbocycles. The molecular formula is C15H22N2OS2. The molecule has 1 aliphatic heterocycles. The monoisotopic (exact) mass is 310 g/mol. The van der Waals surface area contributed by atoms with Gasteiger partial charge in [0.15, 0.2) is 5.78 Å². The fraction of sp³-hybridized carbons (Fsp3) is 0.667. The summed E-state index contributed by atoms with van der Waals surface area (Å²) in [6.45, 7) is 2.20. The van der Waals surface area contributed by atoms with Gasteiger partial charge in [-0.1, -0.05) is 12.8 Å². The normalized spacial score (nSPS) is 19.9. The number of nitrogens with two attached hydrogens (primary N) is 1. The van der Waals surface area contributed by atoms with Crippen molar-refractivity contribution in [2.45, 2.75) is 43.4 Å². The standard InChI is InChI=1S/C15H22N2OS2/c1-19-14-11(16)13(12(18)10-6-7-10)20-15(14)17-8-4-2-3-5-9-17/h10H,2-9,16H2,1H3. The molecule has 3 nitrogen and oxygen atoms in total. The maximum atomic E-state index is 12.4. The Morgan fingerprint density at radius 1 is 1.25 bits per heavy atom. The summed E-state index contributed by atoms with van der Waals surface area (Å²) < 4.78 is 0. The number of thiophene rings is 1. The van der Waals surface area contributed by atoms with E-state index >= 15 is 0 Å². The van der Waals surface area contributed by atoms with Gasteiger partial charge in [0.05, 0.1) is 15.5 Å². The van der Waals surface area contributed by atoms with Crippen LogP contribution in [0.4, 0.5) is 10.7 Å². The van der Waals surface area contributed by atoms with E-state index in [0.717, 1.165) is 41.4 Å². The van der Waals surface area contributed by atoms with Crippen LogP contribution in [0, 0.1) is 5.92 Å². The maximum absolute atomic E-state index is 12.4. The van der Waals surface area contributed by atoms with Crippen LogP contribution in [0.2, 0.25) is 0 Å². The predicted molar refractivity (Wildman–Crippen MR) is 88.2 cm³/mol. The first-order valence-electron chi connectivity index (χ1n) is 7.47. The van der Waals surface area contributed by atoms with Gasteiger partial charge < -0.3 is 10.6 Å². The van der Waals surface area contributed by atoms with Gasteiger partial charge in [-0.05, 0) is 31.9 Å². The Bertz CT molecular complexity index is 500. The first-order chi connectivity index (χ1) is 9.72. The van der Waals surface area contributed by atoms with Crippen molar-refractivity contribution >= 4 is 39.6 Å². The fourth-order valence-corrected chi connectivity index (χ4v) is 5.06. The molecule has 0 spiro atoms. The molecule has 2 N–H and O–H groups in total. The molecule has 0 atom stereocenters. The Balaban J connectivity index is 1.92. The van der Waals surface area contributed by atoms with Crippen LogP contribution in [-0.2, 0) is 0 Å². The summed E-state index contributed by atoms with van der Waals surface area (Å²) in [5.74, 6) is 0.534. The quantitative estimate of drug-likeness (QED) is 0.674. The van der Waals surface area contributed by atoms with Crippen LogP contribution in [-0.4, -0.2) is 25.1 Å². The second-order valence-electron chi connectivity index (χ2n) is 5.72. The van der Waals surface area contributed by atoms with Crippen LogP contribution in [0.15, 0.2) is 4.90 Å². The molecule has 1 saturated heterocycles. The number of carbonyl (C=O) groups is 1. The molecule has 0 bridgehead atoms. The number of Topliss-reactive ketones (excluding diaryl/α,β-unsaturated/α-hetero) is 1. The van der Waals surface area contributed by atoms with E-state index in [1.54, 1.807) is 23.1 Å². The fourth-order valence-electron chi connectivity index (χ4n) is 2.81. The van der Waals surface area contributed by atoms with Gasteiger partial charge >= 0.3 is 0 Å². The number of carbonyl (C=O) groups excluding carboxylic acids is 1. The lowest BCUT2D eigenvalue weighted by Crippen LogP contribution is -2.23. The molecule has 3 rings (SSSR count). The molecule has 0 unspecified atom stereocenters. The Morgan fingerprint density at radius 2 is 1.90 bits per heavy atom. The molecule has 0 radical (unpaired) electrons. The Hall–Kier alpha value is -0.680. The average molecular weight is 310 g/mol. The number of nitrogen functional groups attached to an aromatic ring is 1. The second kappa shape index (κ2) is 5.98. The number of rotatable bonds is 4. The summed E-state index contributed by atoms with van der Waals surface area (Å²) in [6.07, 6.45) is 9.29. The number of anilines is 2. The van der Waals surface area contributed by atoms with Crippen LogP contribution < -0.4 is 10.6 Å². The lowest BCUT2D eigenvalue weighted by molar-refractivity contribution is 0.0972. The number of hydrogen-bond donors (Lipinski definition) is 1. The zero-order valence-corrected chi connectivity index (χ0v) is 13.6. The Morgan fingerprint density at radius 3 is 2.45 bits per heavy atom. The third-order valence-electron chi connectivity index (χ3n) is 4.15. The topological polar surface area (TPSA) is 46.3 Å². The highest BCUT2D eigenvalue weighted by Gasteiger charge is 2.34. The molecule has 2 aliphatic rings. The Kier molecular flexibility index (Phi) is 4.26. The molecule has 110 valence electrons. The zero-order chi connectivity index (χ0) is 14.1. The predicted octanol–water partition coefficient (Wildman–Crippen LogP) is 4.03. The van der Waals surface area contributed by atoms with Crippen LogP contribution in [0.1, 0.15) is 48.2 Å². The van der Waals surface area contributed by atoms with Gasteiger partial charge in [-0.3, -0.25) is 4.79 Å². The van der Waals surface area contributed by atoms with Crippen molar-refractivity contribution in [2.24, 2.45) is 5.92 Å². The van der Waals surface area contributed by atoms with Crippen molar-refractivity contribution in [1.29, 1.82) is 0 Å². The molecule has 20 heavy (non-hydrogen) atoms. The minimum Gasteiger partial charge on any atom is -0.396 e. The maximum Gasteiger partial charge on any atom is 0.178 e. The summed E-state index contributed by atoms with van der Waals surface area (Å²) in [7, 11) is 0. The molecule has 0 aromatic carbocycles. The molecule has 5 heteroatoms. The minimum absolute atomic E-state index is 0.252. The van der Waals surface area contributed by atoms with E-state index in [9.17, 15) is 4.79 Å². The lowest BCUT2D eigenvalue weighted by Gasteiger charge is -2.21. The summed E-state index contributed by atoms with van der Waals surface area (Å²) in [5, 5.41) is 1.24. The van der Waals surface area contributed by atoms with Gasteiger partial charge in [0, 0.05) is 19.0 Å². The average Bonchev–Trinajstić information content (AvgIpc) is 3.25. The van der Waals surface area contributed by atoms with Crippen molar-refractivity contribution in [3.8, 4) is 0 Å². The van der Waals surface area contributed by atoms with E-state index in [4.69, 9.17) is 5.73 Å². The SMILES string of the molecule is CSc1c(N2CCCCCC2)sc(C(=O)C2CC2)c1N. The number of hydrogen-bond acceptors (Lipinski definition) is 5. The largest absolute Gasteiger partial charge is 0.396 e. The highest BCUT2D eigenvalue weighted by Crippen LogP contribution is 2.47. The third kappa shape index (κ3) is 2.70. The summed E-state index contributed by atoms with van der Waals surface area (Å²) in [5.41, 5.74) is 7.00. The highest BCUT2D eigenvalue weighted by atomic mass is 32.2. The smallest absolute Gasteiger partial charge is 0.178 e. The highest BCUT2D eigenvalue weighted by molar-refractivity contribution is 7.99. The first-order valence-corrected chi connectivity index (χ1v) is 9.52. The van der Waals surface area contributed by atoms with Crippen molar-refractivity contribution in [3.05, 3.63) is 4.88 Å². The lowest BCUT2D eigenvalue weighted by atomic mass is 10.2. The summed E-state index contributed by atoms with van der Waals surface area (Å²) in [4.78, 5) is 16.8. The van der Waals surface area contributed by atoms with E-state index in [1.165, 1.54) is 30.7 Å². The molecule has 2 heterocycles. The van der Waals surface area contributed by atoms with Crippen molar-refractivity contribution in [2.75, 3.05) is 30.0 Å². The zero-order valence-electron chi connectivity index (χ0n) is 12.0. The number of nitrogens with zero attached hydrogens (tertiary/aromatic N) is 1. The van der Waals surface area contributed by atoms with Crippen LogP contribution in [0.5, 0.6) is 0 Å². The molecular weight excluding hydrogens is 288 g/mol.